The zero-order chi connectivity index (χ0) is 24.5. The van der Waals surface area contributed by atoms with Crippen molar-refractivity contribution in [1.82, 2.24) is 10.2 Å². The number of alkyl carbamates (subject to hydrolysis) is 1. The quantitative estimate of drug-likeness (QED) is 0.611. The number of nitrogens with one attached hydrogen (secondary N) is 1. The fourth-order valence-electron chi connectivity index (χ4n) is 6.30. The van der Waals surface area contributed by atoms with Crippen LogP contribution in [0.25, 0.3) is 11.1 Å². The molecule has 184 valence electrons. The highest BCUT2D eigenvalue weighted by molar-refractivity contribution is 5.87. The molecule has 0 saturated carbocycles. The molecule has 3 aliphatic rings. The first-order chi connectivity index (χ1) is 16.9. The van der Waals surface area contributed by atoms with Crippen molar-refractivity contribution in [2.45, 2.75) is 69.5 Å². The SMILES string of the molecule is CC1CC2CCC(C1)N2C(=O)C(CCC(=O)O)NC(=O)OCC1c2ccccc2-c2ccccc21. The van der Waals surface area contributed by atoms with Gasteiger partial charge in [0, 0.05) is 24.4 Å². The third-order valence-corrected chi connectivity index (χ3v) is 7.80. The Hall–Kier alpha value is -3.35. The van der Waals surface area contributed by atoms with E-state index in [4.69, 9.17) is 4.74 Å². The number of carbonyl (C=O) groups is 3. The maximum absolute atomic E-state index is 13.5. The Balaban J connectivity index is 1.27. The normalized spacial score (nSPS) is 23.3. The van der Waals surface area contributed by atoms with Crippen LogP contribution in [0.4, 0.5) is 4.79 Å². The van der Waals surface area contributed by atoms with Crippen LogP contribution in [0, 0.1) is 5.92 Å². The fraction of sp³-hybridized carbons (Fsp3) is 0.464. The van der Waals surface area contributed by atoms with Gasteiger partial charge in [0.15, 0.2) is 0 Å². The number of carboxylic acids is 1. The molecule has 5 rings (SSSR count). The van der Waals surface area contributed by atoms with Crippen LogP contribution in [0.2, 0.25) is 0 Å². The van der Waals surface area contributed by atoms with Gasteiger partial charge in [-0.25, -0.2) is 4.79 Å². The minimum absolute atomic E-state index is 0.0455. The van der Waals surface area contributed by atoms with Gasteiger partial charge in [-0.1, -0.05) is 55.5 Å². The van der Waals surface area contributed by atoms with Gasteiger partial charge in [-0.3, -0.25) is 9.59 Å². The van der Waals surface area contributed by atoms with Gasteiger partial charge in [-0.15, -0.1) is 0 Å². The van der Waals surface area contributed by atoms with Gasteiger partial charge in [-0.2, -0.15) is 0 Å². The van der Waals surface area contributed by atoms with Gasteiger partial charge in [-0.05, 0) is 60.3 Å². The smallest absolute Gasteiger partial charge is 0.407 e. The molecule has 0 spiro atoms. The third-order valence-electron chi connectivity index (χ3n) is 7.80. The summed E-state index contributed by atoms with van der Waals surface area (Å²) in [4.78, 5) is 39.5. The molecule has 0 aromatic heterocycles. The van der Waals surface area contributed by atoms with E-state index in [0.29, 0.717) is 5.92 Å². The molecule has 2 heterocycles. The van der Waals surface area contributed by atoms with E-state index in [2.05, 4.69) is 24.4 Å². The standard InChI is InChI=1S/C28H32N2O5/c1-17-14-18-10-11-19(15-17)30(18)27(33)25(12-13-26(31)32)29-28(34)35-16-24-22-8-4-2-6-20(22)21-7-3-5-9-23(21)24/h2-9,17-19,24-25H,10-16H2,1H3,(H,29,34)(H,31,32). The molecule has 1 aliphatic carbocycles. The number of fused-ring (bicyclic) bond motifs is 5. The first-order valence-electron chi connectivity index (χ1n) is 12.6. The van der Waals surface area contributed by atoms with Crippen molar-refractivity contribution in [3.8, 4) is 11.1 Å². The van der Waals surface area contributed by atoms with Crippen LogP contribution in [-0.4, -0.2) is 52.7 Å². The van der Waals surface area contributed by atoms with E-state index >= 15 is 0 Å². The second-order valence-electron chi connectivity index (χ2n) is 10.2. The van der Waals surface area contributed by atoms with Gasteiger partial charge in [0.2, 0.25) is 5.91 Å². The molecule has 2 aromatic rings. The molecule has 7 nitrogen and oxygen atoms in total. The highest BCUT2D eigenvalue weighted by Crippen LogP contribution is 2.44. The Morgan fingerprint density at radius 3 is 2.14 bits per heavy atom. The van der Waals surface area contributed by atoms with Gasteiger partial charge in [0.1, 0.15) is 12.6 Å². The van der Waals surface area contributed by atoms with Crippen LogP contribution in [0.15, 0.2) is 48.5 Å². The monoisotopic (exact) mass is 476 g/mol. The zero-order valence-electron chi connectivity index (χ0n) is 20.0. The van der Waals surface area contributed by atoms with Crippen LogP contribution >= 0.6 is 0 Å². The fourth-order valence-corrected chi connectivity index (χ4v) is 6.30. The summed E-state index contributed by atoms with van der Waals surface area (Å²) in [5.74, 6) is -0.684. The van der Waals surface area contributed by atoms with E-state index in [9.17, 15) is 19.5 Å². The molecule has 2 N–H and O–H groups in total. The van der Waals surface area contributed by atoms with E-state index in [-0.39, 0.29) is 43.4 Å². The lowest BCUT2D eigenvalue weighted by molar-refractivity contribution is -0.140. The molecule has 2 amide bonds. The lowest BCUT2D eigenvalue weighted by Gasteiger charge is -2.39. The molecule has 3 unspecified atom stereocenters. The molecule has 2 aliphatic heterocycles. The number of nitrogens with zero attached hydrogens (tertiary/aromatic N) is 1. The van der Waals surface area contributed by atoms with Crippen LogP contribution in [-0.2, 0) is 14.3 Å². The Morgan fingerprint density at radius 1 is 1.00 bits per heavy atom. The predicted molar refractivity (Wildman–Crippen MR) is 131 cm³/mol. The largest absolute Gasteiger partial charge is 0.481 e. The minimum atomic E-state index is -0.993. The Labute approximate surface area is 205 Å². The summed E-state index contributed by atoms with van der Waals surface area (Å²) in [6.45, 7) is 2.36. The van der Waals surface area contributed by atoms with Crippen LogP contribution in [0.1, 0.15) is 62.5 Å². The summed E-state index contributed by atoms with van der Waals surface area (Å²) in [5, 5.41) is 11.9. The van der Waals surface area contributed by atoms with Crippen molar-refractivity contribution in [2.75, 3.05) is 6.61 Å². The first-order valence-corrected chi connectivity index (χ1v) is 12.6. The number of hydrogen-bond acceptors (Lipinski definition) is 4. The highest BCUT2D eigenvalue weighted by Gasteiger charge is 2.44. The van der Waals surface area contributed by atoms with Gasteiger partial charge in [0.25, 0.3) is 0 Å². The second-order valence-corrected chi connectivity index (χ2v) is 10.2. The molecule has 3 atom stereocenters. The van der Waals surface area contributed by atoms with E-state index in [0.717, 1.165) is 47.9 Å². The number of benzene rings is 2. The van der Waals surface area contributed by atoms with E-state index < -0.39 is 18.1 Å². The topological polar surface area (TPSA) is 95.9 Å². The van der Waals surface area contributed by atoms with Gasteiger partial charge < -0.3 is 20.1 Å². The molecule has 2 aromatic carbocycles. The molecule has 35 heavy (non-hydrogen) atoms. The lowest BCUT2D eigenvalue weighted by Crippen LogP contribution is -2.54. The maximum atomic E-state index is 13.5. The third kappa shape index (κ3) is 4.64. The number of aliphatic carboxylic acids is 1. The number of piperidine rings is 1. The van der Waals surface area contributed by atoms with Crippen LogP contribution in [0.3, 0.4) is 0 Å². The average Bonchev–Trinajstić information content (AvgIpc) is 3.31. The lowest BCUT2D eigenvalue weighted by atomic mass is 9.91. The van der Waals surface area contributed by atoms with Gasteiger partial charge >= 0.3 is 12.1 Å². The molecule has 2 fully saturated rings. The number of amides is 2. The van der Waals surface area contributed by atoms with Crippen LogP contribution in [0.5, 0.6) is 0 Å². The second kappa shape index (κ2) is 9.72. The van der Waals surface area contributed by atoms with Crippen molar-refractivity contribution in [2.24, 2.45) is 5.92 Å². The van der Waals surface area contributed by atoms with Crippen molar-refractivity contribution < 1.29 is 24.2 Å². The van der Waals surface area contributed by atoms with Crippen molar-refractivity contribution in [1.29, 1.82) is 0 Å². The molecule has 2 bridgehead atoms. The number of ether oxygens (including phenoxy) is 1. The number of hydrogen-bond donors (Lipinski definition) is 2. The average molecular weight is 477 g/mol. The van der Waals surface area contributed by atoms with Gasteiger partial charge in [0.05, 0.1) is 0 Å². The summed E-state index contributed by atoms with van der Waals surface area (Å²) < 4.78 is 5.63. The van der Waals surface area contributed by atoms with Crippen molar-refractivity contribution in [3.63, 3.8) is 0 Å². The molecular formula is C28H32N2O5. The van der Waals surface area contributed by atoms with Crippen molar-refractivity contribution >= 4 is 18.0 Å². The Kier molecular flexibility index (Phi) is 6.50. The van der Waals surface area contributed by atoms with E-state index in [1.165, 1.54) is 0 Å². The summed E-state index contributed by atoms with van der Waals surface area (Å²) in [6, 6.07) is 15.6. The summed E-state index contributed by atoms with van der Waals surface area (Å²) in [5.41, 5.74) is 4.50. The zero-order valence-corrected chi connectivity index (χ0v) is 20.0. The summed E-state index contributed by atoms with van der Waals surface area (Å²) in [7, 11) is 0. The van der Waals surface area contributed by atoms with Crippen LogP contribution < -0.4 is 5.32 Å². The highest BCUT2D eigenvalue weighted by atomic mass is 16.5. The molecular weight excluding hydrogens is 444 g/mol. The number of carboxylic acid groups (broad SMARTS) is 1. The first kappa shape index (κ1) is 23.4. The predicted octanol–water partition coefficient (Wildman–Crippen LogP) is 4.55. The number of carbonyl (C=O) groups excluding carboxylic acids is 2. The van der Waals surface area contributed by atoms with E-state index in [1.807, 2.05) is 41.3 Å². The minimum Gasteiger partial charge on any atom is -0.481 e. The molecule has 0 radical (unpaired) electrons. The maximum Gasteiger partial charge on any atom is 0.407 e. The number of rotatable bonds is 7. The molecule has 2 saturated heterocycles. The Morgan fingerprint density at radius 2 is 1.57 bits per heavy atom. The Bertz CT molecular complexity index is 1070. The summed E-state index contributed by atoms with van der Waals surface area (Å²) in [6.07, 6.45) is 3.02. The van der Waals surface area contributed by atoms with E-state index in [1.54, 1.807) is 0 Å². The molecule has 7 heteroatoms. The van der Waals surface area contributed by atoms with Crippen molar-refractivity contribution in [3.05, 3.63) is 59.7 Å². The summed E-state index contributed by atoms with van der Waals surface area (Å²) >= 11 is 0.